The van der Waals surface area contributed by atoms with Gasteiger partial charge in [0.05, 0.1) is 23.4 Å². The molecule has 0 spiro atoms. The highest BCUT2D eigenvalue weighted by atomic mass is 32.1. The molecule has 0 aliphatic carbocycles. The zero-order valence-electron chi connectivity index (χ0n) is 17.4. The van der Waals surface area contributed by atoms with Gasteiger partial charge in [-0.3, -0.25) is 0 Å². The summed E-state index contributed by atoms with van der Waals surface area (Å²) in [6, 6.07) is 18.0. The van der Waals surface area contributed by atoms with Crippen molar-refractivity contribution in [3.8, 4) is 16.3 Å². The molecule has 2 heterocycles. The van der Waals surface area contributed by atoms with Gasteiger partial charge in [-0.25, -0.2) is 15.0 Å². The first kappa shape index (κ1) is 19.8. The Morgan fingerprint density at radius 1 is 1.00 bits per heavy atom. The minimum Gasteiger partial charge on any atom is -0.497 e. The number of methoxy groups -OCH3 is 1. The second kappa shape index (κ2) is 8.51. The van der Waals surface area contributed by atoms with Crippen molar-refractivity contribution in [3.63, 3.8) is 0 Å². The van der Waals surface area contributed by atoms with Gasteiger partial charge in [-0.05, 0) is 49.7 Å². The third-order valence-electron chi connectivity index (χ3n) is 4.68. The van der Waals surface area contributed by atoms with E-state index in [9.17, 15) is 0 Å². The summed E-state index contributed by atoms with van der Waals surface area (Å²) in [6.45, 7) is 4.10. The molecule has 0 unspecified atom stereocenters. The van der Waals surface area contributed by atoms with Gasteiger partial charge in [0.2, 0.25) is 5.95 Å². The number of nitrogens with one attached hydrogen (secondary N) is 1. The molecule has 1 N–H and O–H groups in total. The quantitative estimate of drug-likeness (QED) is 0.432. The Balaban J connectivity index is 1.61. The van der Waals surface area contributed by atoms with Crippen molar-refractivity contribution in [1.82, 2.24) is 15.0 Å². The lowest BCUT2D eigenvalue weighted by Gasteiger charge is -2.16. The van der Waals surface area contributed by atoms with Crippen molar-refractivity contribution >= 4 is 33.8 Å². The number of ether oxygens (including phenoxy) is 1. The lowest BCUT2D eigenvalue weighted by atomic mass is 10.2. The Labute approximate surface area is 180 Å². The molecule has 0 radical (unpaired) electrons. The zero-order valence-corrected chi connectivity index (χ0v) is 18.2. The summed E-state index contributed by atoms with van der Waals surface area (Å²) in [7, 11) is 3.68. The molecule has 4 rings (SSSR count). The summed E-state index contributed by atoms with van der Waals surface area (Å²) in [4.78, 5) is 17.0. The molecule has 0 saturated heterocycles. The Kier molecular flexibility index (Phi) is 5.63. The summed E-state index contributed by atoms with van der Waals surface area (Å²) in [5.41, 5.74) is 4.98. The molecule has 4 aromatic rings. The van der Waals surface area contributed by atoms with E-state index in [0.29, 0.717) is 5.95 Å². The Morgan fingerprint density at radius 3 is 2.63 bits per heavy atom. The molecule has 0 bridgehead atoms. The van der Waals surface area contributed by atoms with Crippen LogP contribution in [0.3, 0.4) is 0 Å². The number of hydrogen-bond acceptors (Lipinski definition) is 7. The molecule has 2 aromatic carbocycles. The van der Waals surface area contributed by atoms with Gasteiger partial charge in [0.1, 0.15) is 5.75 Å². The molecule has 152 valence electrons. The van der Waals surface area contributed by atoms with Gasteiger partial charge in [0.15, 0.2) is 5.13 Å². The number of benzene rings is 2. The van der Waals surface area contributed by atoms with Crippen molar-refractivity contribution in [3.05, 3.63) is 72.1 Å². The first-order valence-corrected chi connectivity index (χ1v) is 10.4. The van der Waals surface area contributed by atoms with Crippen LogP contribution in [0.5, 0.6) is 5.75 Å². The highest BCUT2D eigenvalue weighted by Gasteiger charge is 2.16. The maximum Gasteiger partial charge on any atom is 0.227 e. The number of rotatable bonds is 6. The van der Waals surface area contributed by atoms with E-state index in [2.05, 4.69) is 46.4 Å². The summed E-state index contributed by atoms with van der Waals surface area (Å²) < 4.78 is 5.28. The van der Waals surface area contributed by atoms with Crippen molar-refractivity contribution in [1.29, 1.82) is 0 Å². The molecular weight excluding hydrogens is 394 g/mol. The topological polar surface area (TPSA) is 63.2 Å². The molecule has 0 atom stereocenters. The van der Waals surface area contributed by atoms with E-state index < -0.39 is 0 Å². The van der Waals surface area contributed by atoms with Crippen LogP contribution in [-0.2, 0) is 0 Å². The molecule has 6 nitrogen and oxygen atoms in total. The van der Waals surface area contributed by atoms with Gasteiger partial charge in [-0.2, -0.15) is 0 Å². The maximum absolute atomic E-state index is 5.28. The van der Waals surface area contributed by atoms with Crippen LogP contribution >= 0.6 is 11.3 Å². The van der Waals surface area contributed by atoms with Crippen molar-refractivity contribution < 1.29 is 4.74 Å². The molecule has 2 aromatic heterocycles. The molecule has 0 aliphatic heterocycles. The van der Waals surface area contributed by atoms with Crippen LogP contribution in [0.1, 0.15) is 11.3 Å². The van der Waals surface area contributed by atoms with Gasteiger partial charge in [0.25, 0.3) is 0 Å². The number of anilines is 4. The van der Waals surface area contributed by atoms with Crippen LogP contribution in [0, 0.1) is 13.8 Å². The predicted octanol–water partition coefficient (Wildman–Crippen LogP) is 5.74. The highest BCUT2D eigenvalue weighted by Crippen LogP contribution is 2.36. The number of thiazole rings is 1. The molecule has 0 fully saturated rings. The molecular formula is C23H23N5OS. The van der Waals surface area contributed by atoms with Crippen LogP contribution in [0.25, 0.3) is 10.6 Å². The van der Waals surface area contributed by atoms with Crippen molar-refractivity contribution in [2.75, 3.05) is 24.4 Å². The van der Waals surface area contributed by atoms with Crippen LogP contribution in [-0.4, -0.2) is 29.1 Å². The number of hydrogen-bond donors (Lipinski definition) is 1. The number of aryl methyl sites for hydroxylation is 2. The van der Waals surface area contributed by atoms with E-state index >= 15 is 0 Å². The zero-order chi connectivity index (χ0) is 21.1. The fourth-order valence-electron chi connectivity index (χ4n) is 3.09. The summed E-state index contributed by atoms with van der Waals surface area (Å²) in [5, 5.41) is 4.17. The van der Waals surface area contributed by atoms with E-state index in [4.69, 9.17) is 14.7 Å². The van der Waals surface area contributed by atoms with E-state index in [0.717, 1.165) is 38.5 Å². The van der Waals surface area contributed by atoms with Crippen molar-refractivity contribution in [2.45, 2.75) is 13.8 Å². The first-order valence-electron chi connectivity index (χ1n) is 9.56. The van der Waals surface area contributed by atoms with E-state index in [1.54, 1.807) is 24.6 Å². The van der Waals surface area contributed by atoms with Crippen LogP contribution in [0.15, 0.2) is 60.8 Å². The second-order valence-corrected chi connectivity index (χ2v) is 7.91. The normalized spacial score (nSPS) is 10.7. The van der Waals surface area contributed by atoms with Gasteiger partial charge in [-0.1, -0.05) is 29.5 Å². The van der Waals surface area contributed by atoms with E-state index in [1.165, 1.54) is 5.56 Å². The molecule has 0 aliphatic rings. The monoisotopic (exact) mass is 417 g/mol. The molecule has 7 heteroatoms. The average Bonchev–Trinajstić information content (AvgIpc) is 3.15. The Hall–Kier alpha value is -3.45. The largest absolute Gasteiger partial charge is 0.497 e. The number of aromatic nitrogens is 3. The molecule has 30 heavy (non-hydrogen) atoms. The van der Waals surface area contributed by atoms with Crippen LogP contribution < -0.4 is 15.0 Å². The third-order valence-corrected chi connectivity index (χ3v) is 5.93. The van der Waals surface area contributed by atoms with E-state index in [-0.39, 0.29) is 0 Å². The van der Waals surface area contributed by atoms with Crippen LogP contribution in [0.4, 0.5) is 22.5 Å². The maximum atomic E-state index is 5.28. The second-order valence-electron chi connectivity index (χ2n) is 6.93. The minimum atomic E-state index is 0.530. The summed E-state index contributed by atoms with van der Waals surface area (Å²) in [6.07, 6.45) is 1.76. The molecule has 0 amide bonds. The highest BCUT2D eigenvalue weighted by molar-refractivity contribution is 7.19. The third kappa shape index (κ3) is 4.26. The smallest absolute Gasteiger partial charge is 0.227 e. The lowest BCUT2D eigenvalue weighted by Crippen LogP contribution is -2.08. The van der Waals surface area contributed by atoms with Gasteiger partial charge in [0, 0.05) is 30.7 Å². The summed E-state index contributed by atoms with van der Waals surface area (Å²) in [5.74, 6) is 1.31. The Bertz CT molecular complexity index is 1170. The lowest BCUT2D eigenvalue weighted by molar-refractivity contribution is 0.415. The van der Waals surface area contributed by atoms with Crippen molar-refractivity contribution in [2.24, 2.45) is 0 Å². The predicted molar refractivity (Wildman–Crippen MR) is 123 cm³/mol. The van der Waals surface area contributed by atoms with Gasteiger partial charge < -0.3 is 15.0 Å². The SMILES string of the molecule is COc1cccc(Nc2nccc(-c3sc(N(C)c4cccc(C)c4)nc3C)n2)c1. The number of nitrogens with zero attached hydrogens (tertiary/aromatic N) is 4. The standard InChI is InChI=1S/C23H23N5OS/c1-15-7-5-9-18(13-15)28(3)23-25-16(2)21(30-23)20-11-12-24-22(27-20)26-17-8-6-10-19(14-17)29-4/h5-14H,1-4H3,(H,24,26,27). The van der Waals surface area contributed by atoms with Crippen LogP contribution in [0.2, 0.25) is 0 Å². The van der Waals surface area contributed by atoms with E-state index in [1.807, 2.05) is 44.3 Å². The van der Waals surface area contributed by atoms with Gasteiger partial charge in [-0.15, -0.1) is 0 Å². The fourth-order valence-corrected chi connectivity index (χ4v) is 4.10. The molecule has 0 saturated carbocycles. The Morgan fingerprint density at radius 2 is 1.83 bits per heavy atom. The minimum absolute atomic E-state index is 0.530. The first-order chi connectivity index (χ1) is 14.5. The van der Waals surface area contributed by atoms with Gasteiger partial charge >= 0.3 is 0 Å². The average molecular weight is 418 g/mol. The summed E-state index contributed by atoms with van der Waals surface area (Å²) >= 11 is 1.62. The fraction of sp³-hybridized carbons (Fsp3) is 0.174.